The summed E-state index contributed by atoms with van der Waals surface area (Å²) in [5.41, 5.74) is 0.898. The standard InChI is InChI=1S/C9H8O2.C8H13NO3.C3H6O3/c10-9(11)7-6-8-4-2-1-3-5-8;1-6(10)9-4-2-7(3-5-9)8(11)12;1-6-2-3(4)5/h1-7H,(H,10,11);7H,2-5H2,1H3,(H,11,12);2H2,1H3,(H,4,5). The molecule has 1 aromatic carbocycles. The lowest BCUT2D eigenvalue weighted by atomic mass is 9.97. The molecule has 1 fully saturated rings. The Morgan fingerprint density at radius 1 is 1.07 bits per heavy atom. The molecule has 29 heavy (non-hydrogen) atoms. The van der Waals surface area contributed by atoms with Gasteiger partial charge in [-0.1, -0.05) is 30.3 Å². The van der Waals surface area contributed by atoms with Crippen LogP contribution in [0.4, 0.5) is 0 Å². The number of carboxylic acids is 3. The number of hydrogen-bond acceptors (Lipinski definition) is 5. The predicted octanol–water partition coefficient (Wildman–Crippen LogP) is 1.83. The van der Waals surface area contributed by atoms with Crippen LogP contribution in [0.1, 0.15) is 25.3 Å². The van der Waals surface area contributed by atoms with E-state index in [0.717, 1.165) is 11.6 Å². The Kier molecular flexibility index (Phi) is 13.2. The van der Waals surface area contributed by atoms with E-state index < -0.39 is 17.9 Å². The molecule has 0 saturated carbocycles. The minimum absolute atomic E-state index is 0.0406. The van der Waals surface area contributed by atoms with Crippen LogP contribution in [0.5, 0.6) is 0 Å². The third kappa shape index (κ3) is 13.6. The molecule has 0 spiro atoms. The van der Waals surface area contributed by atoms with Crippen LogP contribution >= 0.6 is 0 Å². The molecule has 2 rings (SSSR count). The number of carbonyl (C=O) groups is 4. The maximum Gasteiger partial charge on any atom is 0.329 e. The second kappa shape index (κ2) is 14.8. The van der Waals surface area contributed by atoms with E-state index in [4.69, 9.17) is 15.3 Å². The summed E-state index contributed by atoms with van der Waals surface area (Å²) in [5.74, 6) is -2.80. The molecule has 1 heterocycles. The lowest BCUT2D eigenvalue weighted by Crippen LogP contribution is -2.38. The molecule has 3 N–H and O–H groups in total. The van der Waals surface area contributed by atoms with Crippen LogP contribution in [0.3, 0.4) is 0 Å². The first kappa shape index (κ1) is 25.8. The number of piperidine rings is 1. The van der Waals surface area contributed by atoms with Gasteiger partial charge in [-0.15, -0.1) is 0 Å². The summed E-state index contributed by atoms with van der Waals surface area (Å²) in [7, 11) is 1.34. The van der Waals surface area contributed by atoms with Crippen molar-refractivity contribution in [1.29, 1.82) is 0 Å². The number of carbonyl (C=O) groups excluding carboxylic acids is 1. The van der Waals surface area contributed by atoms with Gasteiger partial charge in [0.15, 0.2) is 0 Å². The van der Waals surface area contributed by atoms with Gasteiger partial charge in [0.05, 0.1) is 5.92 Å². The molecule has 1 saturated heterocycles. The van der Waals surface area contributed by atoms with Crippen molar-refractivity contribution in [1.82, 2.24) is 4.90 Å². The van der Waals surface area contributed by atoms with Crippen molar-refractivity contribution in [2.45, 2.75) is 19.8 Å². The average Bonchev–Trinajstić information content (AvgIpc) is 2.68. The summed E-state index contributed by atoms with van der Waals surface area (Å²) >= 11 is 0. The van der Waals surface area contributed by atoms with Crippen molar-refractivity contribution < 1.29 is 39.2 Å². The molecule has 0 radical (unpaired) electrons. The topological polar surface area (TPSA) is 141 Å². The zero-order chi connectivity index (χ0) is 22.2. The first-order valence-corrected chi connectivity index (χ1v) is 8.82. The minimum atomic E-state index is -0.933. The van der Waals surface area contributed by atoms with Gasteiger partial charge in [-0.25, -0.2) is 9.59 Å². The van der Waals surface area contributed by atoms with Crippen molar-refractivity contribution in [3.05, 3.63) is 42.0 Å². The fraction of sp³-hybridized carbons (Fsp3) is 0.400. The molecule has 0 unspecified atom stereocenters. The Morgan fingerprint density at radius 2 is 1.62 bits per heavy atom. The molecular formula is C20H27NO8. The van der Waals surface area contributed by atoms with E-state index >= 15 is 0 Å². The normalized spacial score (nSPS) is 13.5. The van der Waals surface area contributed by atoms with Crippen LogP contribution in [0.2, 0.25) is 0 Å². The number of aliphatic carboxylic acids is 3. The zero-order valence-corrected chi connectivity index (χ0v) is 16.5. The first-order valence-electron chi connectivity index (χ1n) is 8.82. The van der Waals surface area contributed by atoms with E-state index in [0.29, 0.717) is 25.9 Å². The quantitative estimate of drug-likeness (QED) is 0.626. The molecule has 0 atom stereocenters. The average molecular weight is 409 g/mol. The van der Waals surface area contributed by atoms with Crippen LogP contribution in [0.25, 0.3) is 6.08 Å². The number of benzene rings is 1. The van der Waals surface area contributed by atoms with Crippen molar-refractivity contribution in [3.63, 3.8) is 0 Å². The number of ether oxygens (including phenoxy) is 1. The molecule has 1 amide bonds. The summed E-state index contributed by atoms with van der Waals surface area (Å²) in [5, 5.41) is 24.7. The second-order valence-corrected chi connectivity index (χ2v) is 6.03. The Labute approximate surface area is 169 Å². The molecule has 0 bridgehead atoms. The van der Waals surface area contributed by atoms with E-state index in [1.165, 1.54) is 14.0 Å². The molecule has 1 aliphatic rings. The number of hydrogen-bond donors (Lipinski definition) is 3. The summed E-state index contributed by atoms with van der Waals surface area (Å²) in [6.45, 7) is 2.49. The fourth-order valence-corrected chi connectivity index (χ4v) is 2.30. The van der Waals surface area contributed by atoms with Crippen LogP contribution in [0.15, 0.2) is 36.4 Å². The highest BCUT2D eigenvalue weighted by molar-refractivity contribution is 5.85. The first-order chi connectivity index (χ1) is 13.7. The molecule has 1 aliphatic heterocycles. The third-order valence-electron chi connectivity index (χ3n) is 3.78. The maximum absolute atomic E-state index is 10.9. The highest BCUT2D eigenvalue weighted by Gasteiger charge is 2.25. The summed E-state index contributed by atoms with van der Waals surface area (Å²) in [6.07, 6.45) is 3.86. The Balaban J connectivity index is 0.000000430. The SMILES string of the molecule is CC(=O)N1CCC(C(=O)O)CC1.COCC(=O)O.O=C(O)C=Cc1ccccc1. The largest absolute Gasteiger partial charge is 0.481 e. The lowest BCUT2D eigenvalue weighted by Gasteiger charge is -2.28. The Morgan fingerprint density at radius 3 is 1.97 bits per heavy atom. The second-order valence-electron chi connectivity index (χ2n) is 6.03. The van der Waals surface area contributed by atoms with Crippen molar-refractivity contribution in [2.75, 3.05) is 26.8 Å². The van der Waals surface area contributed by atoms with Gasteiger partial charge in [0.1, 0.15) is 6.61 Å². The van der Waals surface area contributed by atoms with Crippen LogP contribution in [-0.4, -0.2) is 70.8 Å². The Bertz CT molecular complexity index is 657. The summed E-state index contributed by atoms with van der Waals surface area (Å²) < 4.78 is 4.20. The van der Waals surface area contributed by atoms with E-state index in [1.54, 1.807) is 11.0 Å². The summed E-state index contributed by atoms with van der Waals surface area (Å²) in [4.78, 5) is 42.6. The van der Waals surface area contributed by atoms with E-state index in [-0.39, 0.29) is 18.4 Å². The minimum Gasteiger partial charge on any atom is -0.481 e. The monoisotopic (exact) mass is 409 g/mol. The van der Waals surface area contributed by atoms with E-state index in [1.807, 2.05) is 30.3 Å². The van der Waals surface area contributed by atoms with Gasteiger partial charge in [0.2, 0.25) is 5.91 Å². The number of amides is 1. The van der Waals surface area contributed by atoms with Crippen LogP contribution in [0, 0.1) is 5.92 Å². The highest BCUT2D eigenvalue weighted by Crippen LogP contribution is 2.16. The van der Waals surface area contributed by atoms with Gasteiger partial charge in [-0.2, -0.15) is 0 Å². The molecular weight excluding hydrogens is 382 g/mol. The van der Waals surface area contributed by atoms with Crippen molar-refractivity contribution in [2.24, 2.45) is 5.92 Å². The van der Waals surface area contributed by atoms with Gasteiger partial charge >= 0.3 is 17.9 Å². The van der Waals surface area contributed by atoms with Crippen molar-refractivity contribution in [3.8, 4) is 0 Å². The van der Waals surface area contributed by atoms with E-state index in [2.05, 4.69) is 4.74 Å². The predicted molar refractivity (Wildman–Crippen MR) is 105 cm³/mol. The fourth-order valence-electron chi connectivity index (χ4n) is 2.30. The van der Waals surface area contributed by atoms with Gasteiger partial charge < -0.3 is 25.0 Å². The number of methoxy groups -OCH3 is 1. The molecule has 9 nitrogen and oxygen atoms in total. The third-order valence-corrected chi connectivity index (χ3v) is 3.78. The number of rotatable bonds is 5. The van der Waals surface area contributed by atoms with Crippen LogP contribution in [-0.2, 0) is 23.9 Å². The molecule has 1 aromatic rings. The molecule has 0 aromatic heterocycles. The zero-order valence-electron chi connectivity index (χ0n) is 16.5. The van der Waals surface area contributed by atoms with Gasteiger partial charge in [-0.3, -0.25) is 9.59 Å². The lowest BCUT2D eigenvalue weighted by molar-refractivity contribution is -0.145. The smallest absolute Gasteiger partial charge is 0.329 e. The highest BCUT2D eigenvalue weighted by atomic mass is 16.5. The number of nitrogens with zero attached hydrogens (tertiary/aromatic N) is 1. The number of likely N-dealkylation sites (tertiary alicyclic amines) is 1. The van der Waals surface area contributed by atoms with Gasteiger partial charge in [0, 0.05) is 33.2 Å². The van der Waals surface area contributed by atoms with Crippen LogP contribution < -0.4 is 0 Å². The van der Waals surface area contributed by atoms with E-state index in [9.17, 15) is 19.2 Å². The Hall–Kier alpha value is -3.20. The number of carboxylic acid groups (broad SMARTS) is 3. The maximum atomic E-state index is 10.9. The molecule has 160 valence electrons. The molecule has 0 aliphatic carbocycles. The van der Waals surface area contributed by atoms with Gasteiger partial charge in [0.25, 0.3) is 0 Å². The molecule has 9 heteroatoms. The van der Waals surface area contributed by atoms with Gasteiger partial charge in [-0.05, 0) is 24.5 Å². The van der Waals surface area contributed by atoms with Crippen molar-refractivity contribution >= 4 is 29.9 Å². The summed E-state index contributed by atoms with van der Waals surface area (Å²) in [6, 6.07) is 9.31.